The normalized spacial score (nSPS) is 12.1. The van der Waals surface area contributed by atoms with Crippen molar-refractivity contribution in [3.05, 3.63) is 65.0 Å². The summed E-state index contributed by atoms with van der Waals surface area (Å²) in [6.45, 7) is 1.89. The molecule has 20 heavy (non-hydrogen) atoms. The summed E-state index contributed by atoms with van der Waals surface area (Å²) < 4.78 is 25.9. The molecule has 0 aliphatic rings. The number of aromatic carboxylic acids is 1. The zero-order valence-electron chi connectivity index (χ0n) is 10.8. The van der Waals surface area contributed by atoms with Crippen LogP contribution in [-0.4, -0.2) is 15.3 Å². The third-order valence-electron chi connectivity index (χ3n) is 2.97. The van der Waals surface area contributed by atoms with E-state index >= 15 is 0 Å². The van der Waals surface area contributed by atoms with Gasteiger partial charge in [-0.1, -0.05) is 24.3 Å². The smallest absolute Gasteiger partial charge is 0.335 e. The van der Waals surface area contributed by atoms with E-state index in [9.17, 15) is 13.4 Å². The summed E-state index contributed by atoms with van der Waals surface area (Å²) in [6.07, 6.45) is 0. The van der Waals surface area contributed by atoms with Crippen LogP contribution in [0.3, 0.4) is 0 Å². The van der Waals surface area contributed by atoms with Crippen LogP contribution in [0.15, 0.2) is 47.4 Å². The van der Waals surface area contributed by atoms with E-state index in [1.54, 1.807) is 0 Å². The van der Waals surface area contributed by atoms with Gasteiger partial charge in [-0.25, -0.2) is 9.18 Å². The quantitative estimate of drug-likeness (QED) is 0.942. The predicted octanol–water partition coefficient (Wildman–Crippen LogP) is 3.14. The maximum absolute atomic E-state index is 13.7. The molecule has 2 rings (SSSR count). The van der Waals surface area contributed by atoms with Crippen molar-refractivity contribution in [2.45, 2.75) is 17.6 Å². The Labute approximate surface area is 118 Å². The number of carbonyl (C=O) groups is 1. The van der Waals surface area contributed by atoms with Crippen molar-refractivity contribution in [1.29, 1.82) is 0 Å². The summed E-state index contributed by atoms with van der Waals surface area (Å²) in [4.78, 5) is 10.8. The number of halogens is 1. The van der Waals surface area contributed by atoms with Gasteiger partial charge < -0.3 is 5.11 Å². The molecule has 0 heterocycles. The first kappa shape index (κ1) is 14.4. The number of hydrogen-bond donors (Lipinski definition) is 1. The Kier molecular flexibility index (Phi) is 4.29. The standard InChI is InChI=1S/C15H13FO3S/c1-10-4-2-3-5-12(10)9-20(19)14-8-11(15(17)18)6-7-13(14)16/h2-8H,9H2,1H3,(H,17,18). The molecule has 5 heteroatoms. The van der Waals surface area contributed by atoms with E-state index in [-0.39, 0.29) is 16.2 Å². The van der Waals surface area contributed by atoms with Crippen LogP contribution in [0, 0.1) is 12.7 Å². The number of aryl methyl sites for hydroxylation is 1. The Hall–Kier alpha value is -2.01. The number of carboxylic acid groups (broad SMARTS) is 1. The molecule has 1 atom stereocenters. The number of benzene rings is 2. The summed E-state index contributed by atoms with van der Waals surface area (Å²) in [5, 5.41) is 8.89. The van der Waals surface area contributed by atoms with Crippen molar-refractivity contribution in [3.8, 4) is 0 Å². The highest BCUT2D eigenvalue weighted by Gasteiger charge is 2.15. The SMILES string of the molecule is Cc1ccccc1CS(=O)c1cc(C(=O)O)ccc1F. The molecule has 0 bridgehead atoms. The second kappa shape index (κ2) is 5.96. The van der Waals surface area contributed by atoms with Crippen LogP contribution in [0.2, 0.25) is 0 Å². The van der Waals surface area contributed by atoms with Crippen molar-refractivity contribution in [2.24, 2.45) is 0 Å². The lowest BCUT2D eigenvalue weighted by atomic mass is 10.1. The van der Waals surface area contributed by atoms with Crippen molar-refractivity contribution < 1.29 is 18.5 Å². The topological polar surface area (TPSA) is 54.4 Å². The van der Waals surface area contributed by atoms with Gasteiger partial charge in [-0.15, -0.1) is 0 Å². The molecule has 2 aromatic rings. The highest BCUT2D eigenvalue weighted by molar-refractivity contribution is 7.84. The zero-order valence-corrected chi connectivity index (χ0v) is 11.6. The fourth-order valence-corrected chi connectivity index (χ4v) is 3.11. The lowest BCUT2D eigenvalue weighted by Gasteiger charge is -2.07. The first-order chi connectivity index (χ1) is 9.49. The Bertz CT molecular complexity index is 683. The summed E-state index contributed by atoms with van der Waals surface area (Å²) in [5.74, 6) is -1.66. The minimum absolute atomic E-state index is 0.0699. The first-order valence-electron chi connectivity index (χ1n) is 5.95. The largest absolute Gasteiger partial charge is 0.478 e. The average Bonchev–Trinajstić information content (AvgIpc) is 2.41. The van der Waals surface area contributed by atoms with Gasteiger partial charge in [-0.2, -0.15) is 0 Å². The van der Waals surface area contributed by atoms with E-state index in [0.717, 1.165) is 29.3 Å². The number of carboxylic acids is 1. The average molecular weight is 292 g/mol. The summed E-state index contributed by atoms with van der Waals surface area (Å²) >= 11 is 0. The Morgan fingerprint density at radius 2 is 1.95 bits per heavy atom. The molecule has 0 aromatic heterocycles. The van der Waals surface area contributed by atoms with Crippen LogP contribution in [0.4, 0.5) is 4.39 Å². The number of hydrogen-bond acceptors (Lipinski definition) is 2. The van der Waals surface area contributed by atoms with Crippen LogP contribution >= 0.6 is 0 Å². The molecule has 1 unspecified atom stereocenters. The monoisotopic (exact) mass is 292 g/mol. The van der Waals surface area contributed by atoms with Crippen LogP contribution in [0.1, 0.15) is 21.5 Å². The van der Waals surface area contributed by atoms with Gasteiger partial charge in [0.2, 0.25) is 0 Å². The van der Waals surface area contributed by atoms with E-state index in [1.165, 1.54) is 0 Å². The van der Waals surface area contributed by atoms with Crippen LogP contribution < -0.4 is 0 Å². The molecule has 0 spiro atoms. The molecule has 0 aliphatic carbocycles. The molecular weight excluding hydrogens is 279 g/mol. The molecule has 2 aromatic carbocycles. The van der Waals surface area contributed by atoms with E-state index in [0.29, 0.717) is 0 Å². The van der Waals surface area contributed by atoms with Crippen LogP contribution in [0.5, 0.6) is 0 Å². The highest BCUT2D eigenvalue weighted by Crippen LogP contribution is 2.19. The third-order valence-corrected chi connectivity index (χ3v) is 4.35. The van der Waals surface area contributed by atoms with E-state index in [4.69, 9.17) is 5.11 Å². The van der Waals surface area contributed by atoms with Gasteiger partial charge in [0.15, 0.2) is 0 Å². The van der Waals surface area contributed by atoms with Gasteiger partial charge in [-0.05, 0) is 36.2 Å². The molecule has 0 amide bonds. The van der Waals surface area contributed by atoms with Gasteiger partial charge in [0, 0.05) is 0 Å². The van der Waals surface area contributed by atoms with E-state index < -0.39 is 22.6 Å². The van der Waals surface area contributed by atoms with Gasteiger partial charge in [0.25, 0.3) is 0 Å². The van der Waals surface area contributed by atoms with Crippen LogP contribution in [-0.2, 0) is 16.6 Å². The Morgan fingerprint density at radius 3 is 2.60 bits per heavy atom. The minimum atomic E-state index is -1.62. The lowest BCUT2D eigenvalue weighted by Crippen LogP contribution is -2.04. The number of rotatable bonds is 4. The molecule has 1 N–H and O–H groups in total. The van der Waals surface area contributed by atoms with Crippen molar-refractivity contribution in [3.63, 3.8) is 0 Å². The fraction of sp³-hybridized carbons (Fsp3) is 0.133. The second-order valence-electron chi connectivity index (χ2n) is 4.37. The Morgan fingerprint density at radius 1 is 1.25 bits per heavy atom. The van der Waals surface area contributed by atoms with Gasteiger partial charge in [0.05, 0.1) is 27.0 Å². The Balaban J connectivity index is 2.32. The first-order valence-corrected chi connectivity index (χ1v) is 7.26. The van der Waals surface area contributed by atoms with Crippen molar-refractivity contribution in [2.75, 3.05) is 0 Å². The third kappa shape index (κ3) is 3.11. The highest BCUT2D eigenvalue weighted by atomic mass is 32.2. The molecule has 0 radical (unpaired) electrons. The summed E-state index contributed by atoms with van der Waals surface area (Å²) in [7, 11) is -1.62. The lowest BCUT2D eigenvalue weighted by molar-refractivity contribution is 0.0696. The molecule has 0 aliphatic heterocycles. The molecular formula is C15H13FO3S. The van der Waals surface area contributed by atoms with E-state index in [1.807, 2.05) is 31.2 Å². The van der Waals surface area contributed by atoms with E-state index in [2.05, 4.69) is 0 Å². The predicted molar refractivity (Wildman–Crippen MR) is 74.7 cm³/mol. The van der Waals surface area contributed by atoms with Crippen molar-refractivity contribution >= 4 is 16.8 Å². The minimum Gasteiger partial charge on any atom is -0.478 e. The molecule has 0 saturated carbocycles. The molecule has 0 fully saturated rings. The maximum atomic E-state index is 13.7. The van der Waals surface area contributed by atoms with Gasteiger partial charge >= 0.3 is 5.97 Å². The second-order valence-corrected chi connectivity index (χ2v) is 5.79. The maximum Gasteiger partial charge on any atom is 0.335 e. The van der Waals surface area contributed by atoms with Gasteiger partial charge in [-0.3, -0.25) is 4.21 Å². The zero-order chi connectivity index (χ0) is 14.7. The fourth-order valence-electron chi connectivity index (χ4n) is 1.80. The molecule has 104 valence electrons. The molecule has 3 nitrogen and oxygen atoms in total. The van der Waals surface area contributed by atoms with Gasteiger partial charge in [0.1, 0.15) is 5.82 Å². The summed E-state index contributed by atoms with van der Waals surface area (Å²) in [6, 6.07) is 10.7. The molecule has 0 saturated heterocycles. The summed E-state index contributed by atoms with van der Waals surface area (Å²) in [5.41, 5.74) is 1.75. The van der Waals surface area contributed by atoms with Crippen molar-refractivity contribution in [1.82, 2.24) is 0 Å². The van der Waals surface area contributed by atoms with Crippen LogP contribution in [0.25, 0.3) is 0 Å².